The van der Waals surface area contributed by atoms with E-state index in [4.69, 9.17) is 0 Å². The van der Waals surface area contributed by atoms with E-state index < -0.39 is 22.0 Å². The molecule has 5 rings (SSSR count). The van der Waals surface area contributed by atoms with Gasteiger partial charge in [0.1, 0.15) is 6.04 Å². The first kappa shape index (κ1) is 19.3. The summed E-state index contributed by atoms with van der Waals surface area (Å²) in [5.41, 5.74) is 2.45. The van der Waals surface area contributed by atoms with Crippen LogP contribution < -0.4 is 10.0 Å². The standard InChI is InChI=1S/C22H17N3O5S/c26-21-15-6-3-5-14-19(9-8-17(24-21)20(14)15)31(29,30)25-18(22(27)28)10-12-11-23-16-7-2-1-4-13(12)16/h1-9,11,18,23,25H,10H2,(H,24,26)(H,27,28)/t18-/m0/s1. The minimum atomic E-state index is -4.19. The summed E-state index contributed by atoms with van der Waals surface area (Å²) >= 11 is 0. The van der Waals surface area contributed by atoms with E-state index in [0.717, 1.165) is 10.9 Å². The number of rotatable bonds is 6. The lowest BCUT2D eigenvalue weighted by Gasteiger charge is -2.16. The highest BCUT2D eigenvalue weighted by Gasteiger charge is 2.30. The Morgan fingerprint density at radius 3 is 2.61 bits per heavy atom. The number of H-pyrrole nitrogens is 1. The van der Waals surface area contributed by atoms with E-state index in [-0.39, 0.29) is 17.2 Å². The van der Waals surface area contributed by atoms with E-state index in [1.54, 1.807) is 24.4 Å². The summed E-state index contributed by atoms with van der Waals surface area (Å²) in [6.45, 7) is 0. The number of carboxylic acid groups (broad SMARTS) is 1. The number of sulfonamides is 1. The molecule has 1 amide bonds. The number of carbonyl (C=O) groups excluding carboxylic acids is 1. The third-order valence-electron chi connectivity index (χ3n) is 5.48. The molecule has 0 unspecified atom stereocenters. The maximum absolute atomic E-state index is 13.2. The number of nitrogens with one attached hydrogen (secondary N) is 3. The van der Waals surface area contributed by atoms with Crippen LogP contribution in [0.3, 0.4) is 0 Å². The quantitative estimate of drug-likeness (QED) is 0.370. The molecule has 31 heavy (non-hydrogen) atoms. The molecule has 4 aromatic rings. The Morgan fingerprint density at radius 1 is 1.03 bits per heavy atom. The van der Waals surface area contributed by atoms with Gasteiger partial charge in [0.05, 0.1) is 4.90 Å². The highest BCUT2D eigenvalue weighted by atomic mass is 32.2. The zero-order valence-electron chi connectivity index (χ0n) is 16.0. The molecule has 1 aliphatic heterocycles. The van der Waals surface area contributed by atoms with Gasteiger partial charge in [0.15, 0.2) is 0 Å². The number of carboxylic acids is 1. The largest absolute Gasteiger partial charge is 0.480 e. The van der Waals surface area contributed by atoms with E-state index in [1.165, 1.54) is 12.1 Å². The number of hydrogen-bond acceptors (Lipinski definition) is 4. The zero-order chi connectivity index (χ0) is 21.8. The van der Waals surface area contributed by atoms with Gasteiger partial charge in [0.25, 0.3) is 5.91 Å². The molecule has 0 bridgehead atoms. The summed E-state index contributed by atoms with van der Waals surface area (Å²) in [6.07, 6.45) is 1.66. The third-order valence-corrected chi connectivity index (χ3v) is 7.01. The minimum absolute atomic E-state index is 0.0279. The van der Waals surface area contributed by atoms with Gasteiger partial charge in [0, 0.05) is 45.5 Å². The number of para-hydroxylation sites is 1. The van der Waals surface area contributed by atoms with Crippen LogP contribution >= 0.6 is 0 Å². The van der Waals surface area contributed by atoms with E-state index in [2.05, 4.69) is 15.0 Å². The first-order valence-corrected chi connectivity index (χ1v) is 11.0. The number of aliphatic carboxylic acids is 1. The number of fused-ring (bicyclic) bond motifs is 1. The summed E-state index contributed by atoms with van der Waals surface area (Å²) in [7, 11) is -4.19. The van der Waals surface area contributed by atoms with Crippen molar-refractivity contribution < 1.29 is 23.1 Å². The molecule has 0 spiro atoms. The molecule has 0 radical (unpaired) electrons. The van der Waals surface area contributed by atoms with Gasteiger partial charge in [-0.15, -0.1) is 0 Å². The van der Waals surface area contributed by atoms with Crippen molar-refractivity contribution in [1.82, 2.24) is 9.71 Å². The van der Waals surface area contributed by atoms with Crippen LogP contribution in [0.2, 0.25) is 0 Å². The third kappa shape index (κ3) is 3.15. The van der Waals surface area contributed by atoms with Crippen LogP contribution in [0, 0.1) is 0 Å². The van der Waals surface area contributed by atoms with Gasteiger partial charge in [-0.05, 0) is 29.8 Å². The smallest absolute Gasteiger partial charge is 0.322 e. The molecule has 156 valence electrons. The molecule has 1 atom stereocenters. The van der Waals surface area contributed by atoms with Crippen molar-refractivity contribution in [3.8, 4) is 0 Å². The lowest BCUT2D eigenvalue weighted by atomic mass is 10.1. The second-order valence-electron chi connectivity index (χ2n) is 7.37. The van der Waals surface area contributed by atoms with Gasteiger partial charge in [0.2, 0.25) is 10.0 Å². The number of aromatic nitrogens is 1. The molecule has 0 fully saturated rings. The van der Waals surface area contributed by atoms with Crippen LogP contribution in [0.4, 0.5) is 5.69 Å². The minimum Gasteiger partial charge on any atom is -0.480 e. The summed E-state index contributed by atoms with van der Waals surface area (Å²) in [5, 5.41) is 14.1. The number of anilines is 1. The Balaban J connectivity index is 1.53. The van der Waals surface area contributed by atoms with Crippen LogP contribution in [0.5, 0.6) is 0 Å². The fraction of sp³-hybridized carbons (Fsp3) is 0.0909. The second-order valence-corrected chi connectivity index (χ2v) is 9.05. The van der Waals surface area contributed by atoms with Crippen LogP contribution in [-0.2, 0) is 21.2 Å². The molecular weight excluding hydrogens is 418 g/mol. The summed E-state index contributed by atoms with van der Waals surface area (Å²) in [6, 6.07) is 13.8. The van der Waals surface area contributed by atoms with Gasteiger partial charge in [-0.1, -0.05) is 30.3 Å². The van der Waals surface area contributed by atoms with Crippen LogP contribution in [-0.4, -0.2) is 36.4 Å². The van der Waals surface area contributed by atoms with Crippen LogP contribution in [0.15, 0.2) is 65.7 Å². The first-order valence-electron chi connectivity index (χ1n) is 9.52. The first-order chi connectivity index (χ1) is 14.8. The maximum Gasteiger partial charge on any atom is 0.322 e. The predicted octanol–water partition coefficient (Wildman–Crippen LogP) is 2.86. The molecule has 4 N–H and O–H groups in total. The van der Waals surface area contributed by atoms with Crippen molar-refractivity contribution in [2.75, 3.05) is 5.32 Å². The fourth-order valence-corrected chi connectivity index (χ4v) is 5.44. The van der Waals surface area contributed by atoms with E-state index in [0.29, 0.717) is 27.6 Å². The molecule has 1 aromatic heterocycles. The topological polar surface area (TPSA) is 128 Å². The summed E-state index contributed by atoms with van der Waals surface area (Å²) in [4.78, 5) is 27.0. The Labute approximate surface area is 176 Å². The summed E-state index contributed by atoms with van der Waals surface area (Å²) in [5.74, 6) is -1.58. The van der Waals surface area contributed by atoms with Gasteiger partial charge in [-0.25, -0.2) is 8.42 Å². The van der Waals surface area contributed by atoms with E-state index in [1.807, 2.05) is 24.3 Å². The number of amides is 1. The molecule has 2 heterocycles. The molecule has 0 saturated heterocycles. The van der Waals surface area contributed by atoms with Crippen molar-refractivity contribution in [3.05, 3.63) is 71.9 Å². The Hall–Kier alpha value is -3.69. The molecule has 0 aliphatic carbocycles. The number of benzene rings is 3. The van der Waals surface area contributed by atoms with Crippen LogP contribution in [0.25, 0.3) is 21.7 Å². The lowest BCUT2D eigenvalue weighted by molar-refractivity contribution is -0.138. The maximum atomic E-state index is 13.2. The zero-order valence-corrected chi connectivity index (χ0v) is 16.9. The highest BCUT2D eigenvalue weighted by Crippen LogP contribution is 2.36. The van der Waals surface area contributed by atoms with E-state index in [9.17, 15) is 23.1 Å². The molecule has 1 aliphatic rings. The molecule has 9 heteroatoms. The average molecular weight is 435 g/mol. The van der Waals surface area contributed by atoms with E-state index >= 15 is 0 Å². The second kappa shape index (κ2) is 6.93. The molecule has 3 aromatic carbocycles. The van der Waals surface area contributed by atoms with Crippen molar-refractivity contribution in [2.45, 2.75) is 17.4 Å². The highest BCUT2D eigenvalue weighted by molar-refractivity contribution is 7.89. The number of carbonyl (C=O) groups is 2. The predicted molar refractivity (Wildman–Crippen MR) is 116 cm³/mol. The normalized spacial score (nSPS) is 14.1. The SMILES string of the molecule is O=C1Nc2ccc(S(=O)(=O)N[C@@H](Cc3c[nH]c4ccccc34)C(=O)O)c3cccc1c23. The van der Waals surface area contributed by atoms with Crippen molar-refractivity contribution in [2.24, 2.45) is 0 Å². The molecule has 8 nitrogen and oxygen atoms in total. The molecular formula is C22H17N3O5S. The van der Waals surface area contributed by atoms with Gasteiger partial charge >= 0.3 is 5.97 Å². The Bertz CT molecular complexity index is 1490. The fourth-order valence-electron chi connectivity index (χ4n) is 4.05. The van der Waals surface area contributed by atoms with Crippen molar-refractivity contribution in [3.63, 3.8) is 0 Å². The Morgan fingerprint density at radius 2 is 1.81 bits per heavy atom. The summed E-state index contributed by atoms with van der Waals surface area (Å²) < 4.78 is 28.7. The van der Waals surface area contributed by atoms with Gasteiger partial charge in [-0.3, -0.25) is 9.59 Å². The van der Waals surface area contributed by atoms with Gasteiger partial charge < -0.3 is 15.4 Å². The van der Waals surface area contributed by atoms with Crippen LogP contribution in [0.1, 0.15) is 15.9 Å². The molecule has 0 saturated carbocycles. The number of aromatic amines is 1. The van der Waals surface area contributed by atoms with Gasteiger partial charge in [-0.2, -0.15) is 4.72 Å². The monoisotopic (exact) mass is 435 g/mol. The lowest BCUT2D eigenvalue weighted by Crippen LogP contribution is -2.42. The van der Waals surface area contributed by atoms with Crippen molar-refractivity contribution in [1.29, 1.82) is 0 Å². The Kier molecular flexibility index (Phi) is 4.31. The van der Waals surface area contributed by atoms with Crippen molar-refractivity contribution >= 4 is 49.3 Å². The average Bonchev–Trinajstić information content (AvgIpc) is 3.30. The number of hydrogen-bond donors (Lipinski definition) is 4.